The van der Waals surface area contributed by atoms with Gasteiger partial charge in [0.1, 0.15) is 5.82 Å². The van der Waals surface area contributed by atoms with Gasteiger partial charge in [0.15, 0.2) is 6.29 Å². The maximum absolute atomic E-state index is 12.7. The number of rotatable bonds is 3. The van der Waals surface area contributed by atoms with Crippen molar-refractivity contribution in [3.63, 3.8) is 0 Å². The van der Waals surface area contributed by atoms with Crippen molar-refractivity contribution in [2.75, 3.05) is 0 Å². The number of aromatic nitrogens is 1. The highest BCUT2D eigenvalue weighted by molar-refractivity contribution is 5.76. The van der Waals surface area contributed by atoms with Gasteiger partial charge in [0.2, 0.25) is 0 Å². The Balaban J connectivity index is 0.000000829. The SMILES string of the molecule is CC.CC.O=Cc1cccnc1Cc1ccc(F)cc1. The molecule has 0 atom stereocenters. The van der Waals surface area contributed by atoms with E-state index in [2.05, 4.69) is 4.98 Å². The molecule has 3 heteroatoms. The third-order valence-electron chi connectivity index (χ3n) is 2.34. The van der Waals surface area contributed by atoms with E-state index in [1.54, 1.807) is 30.5 Å². The Kier molecular flexibility index (Phi) is 9.75. The number of nitrogens with zero attached hydrogens (tertiary/aromatic N) is 1. The van der Waals surface area contributed by atoms with E-state index in [4.69, 9.17) is 0 Å². The Bertz CT molecular complexity index is 495. The molecular weight excluding hydrogens is 253 g/mol. The minimum absolute atomic E-state index is 0.264. The second-order valence-electron chi connectivity index (χ2n) is 3.46. The van der Waals surface area contributed by atoms with E-state index in [-0.39, 0.29) is 5.82 Å². The average Bonchev–Trinajstić information content (AvgIpc) is 2.54. The van der Waals surface area contributed by atoms with Crippen LogP contribution in [0.5, 0.6) is 0 Å². The molecule has 0 spiro atoms. The van der Waals surface area contributed by atoms with E-state index >= 15 is 0 Å². The molecule has 2 rings (SSSR count). The number of pyridine rings is 1. The summed E-state index contributed by atoms with van der Waals surface area (Å²) in [5.74, 6) is -0.264. The van der Waals surface area contributed by atoms with E-state index in [0.717, 1.165) is 11.8 Å². The standard InChI is InChI=1S/C13H10FNO.2C2H6/c14-12-5-3-10(4-6-12)8-13-11(9-16)2-1-7-15-13;2*1-2/h1-7,9H,8H2;2*1-2H3. The van der Waals surface area contributed by atoms with Gasteiger partial charge in [-0.05, 0) is 29.8 Å². The Morgan fingerprint density at radius 1 is 1.05 bits per heavy atom. The van der Waals surface area contributed by atoms with Crippen molar-refractivity contribution in [3.8, 4) is 0 Å². The summed E-state index contributed by atoms with van der Waals surface area (Å²) in [5, 5.41) is 0. The van der Waals surface area contributed by atoms with E-state index in [9.17, 15) is 9.18 Å². The molecule has 1 heterocycles. The number of hydrogen-bond donors (Lipinski definition) is 0. The van der Waals surface area contributed by atoms with Gasteiger partial charge in [0.05, 0.1) is 5.69 Å². The summed E-state index contributed by atoms with van der Waals surface area (Å²) < 4.78 is 12.7. The number of hydrogen-bond acceptors (Lipinski definition) is 2. The fourth-order valence-corrected chi connectivity index (χ4v) is 1.50. The molecule has 0 amide bonds. The van der Waals surface area contributed by atoms with Gasteiger partial charge in [-0.25, -0.2) is 4.39 Å². The zero-order valence-electron chi connectivity index (χ0n) is 12.6. The molecule has 0 N–H and O–H groups in total. The van der Waals surface area contributed by atoms with Crippen molar-refractivity contribution in [2.45, 2.75) is 34.1 Å². The Hall–Kier alpha value is -2.03. The highest BCUT2D eigenvalue weighted by atomic mass is 19.1. The van der Waals surface area contributed by atoms with Gasteiger partial charge >= 0.3 is 0 Å². The van der Waals surface area contributed by atoms with Crippen molar-refractivity contribution >= 4 is 6.29 Å². The van der Waals surface area contributed by atoms with Crippen LogP contribution in [0.2, 0.25) is 0 Å². The van der Waals surface area contributed by atoms with Crippen LogP contribution in [0, 0.1) is 5.82 Å². The summed E-state index contributed by atoms with van der Waals surface area (Å²) >= 11 is 0. The molecule has 1 aromatic carbocycles. The topological polar surface area (TPSA) is 30.0 Å². The lowest BCUT2D eigenvalue weighted by molar-refractivity contribution is 0.112. The van der Waals surface area contributed by atoms with Gasteiger partial charge in [-0.3, -0.25) is 9.78 Å². The van der Waals surface area contributed by atoms with Crippen molar-refractivity contribution in [1.29, 1.82) is 0 Å². The van der Waals surface area contributed by atoms with Gasteiger partial charge in [0, 0.05) is 18.2 Å². The molecule has 0 fully saturated rings. The van der Waals surface area contributed by atoms with E-state index < -0.39 is 0 Å². The quantitative estimate of drug-likeness (QED) is 0.761. The van der Waals surface area contributed by atoms with Crippen molar-refractivity contribution in [2.24, 2.45) is 0 Å². The van der Waals surface area contributed by atoms with E-state index in [1.165, 1.54) is 12.1 Å². The summed E-state index contributed by atoms with van der Waals surface area (Å²) in [6, 6.07) is 9.63. The summed E-state index contributed by atoms with van der Waals surface area (Å²) in [6.07, 6.45) is 2.97. The monoisotopic (exact) mass is 275 g/mol. The lowest BCUT2D eigenvalue weighted by Gasteiger charge is -2.03. The van der Waals surface area contributed by atoms with E-state index in [1.807, 2.05) is 27.7 Å². The first-order chi connectivity index (χ1) is 9.79. The van der Waals surface area contributed by atoms with Crippen LogP contribution in [0.1, 0.15) is 49.3 Å². The van der Waals surface area contributed by atoms with Crippen LogP contribution in [-0.2, 0) is 6.42 Å². The summed E-state index contributed by atoms with van der Waals surface area (Å²) in [7, 11) is 0. The normalized spacial score (nSPS) is 8.65. The molecule has 0 aliphatic rings. The van der Waals surface area contributed by atoms with Gasteiger partial charge in [-0.1, -0.05) is 39.8 Å². The van der Waals surface area contributed by atoms with Crippen LogP contribution in [0.25, 0.3) is 0 Å². The molecule has 0 bridgehead atoms. The van der Waals surface area contributed by atoms with Crippen molar-refractivity contribution < 1.29 is 9.18 Å². The summed E-state index contributed by atoms with van der Waals surface area (Å²) in [6.45, 7) is 8.00. The fraction of sp³-hybridized carbons (Fsp3) is 0.294. The molecule has 0 aliphatic heterocycles. The molecule has 2 nitrogen and oxygen atoms in total. The van der Waals surface area contributed by atoms with Crippen LogP contribution < -0.4 is 0 Å². The maximum atomic E-state index is 12.7. The van der Waals surface area contributed by atoms with Gasteiger partial charge in [0.25, 0.3) is 0 Å². The number of carbonyl (C=O) groups is 1. The van der Waals surface area contributed by atoms with Crippen LogP contribution >= 0.6 is 0 Å². The van der Waals surface area contributed by atoms with Crippen molar-refractivity contribution in [3.05, 3.63) is 65.2 Å². The van der Waals surface area contributed by atoms with Crippen LogP contribution in [-0.4, -0.2) is 11.3 Å². The van der Waals surface area contributed by atoms with Gasteiger partial charge in [-0.2, -0.15) is 0 Å². The Morgan fingerprint density at radius 3 is 2.20 bits per heavy atom. The molecular formula is C17H22FNO. The second-order valence-corrected chi connectivity index (χ2v) is 3.46. The van der Waals surface area contributed by atoms with Crippen LogP contribution in [0.4, 0.5) is 4.39 Å². The Labute approximate surface area is 120 Å². The second kappa shape index (κ2) is 10.9. The largest absolute Gasteiger partial charge is 0.298 e. The smallest absolute Gasteiger partial charge is 0.151 e. The first kappa shape index (κ1) is 18.0. The number of benzene rings is 1. The molecule has 0 aliphatic carbocycles. The molecule has 0 unspecified atom stereocenters. The van der Waals surface area contributed by atoms with E-state index in [0.29, 0.717) is 17.7 Å². The predicted molar refractivity (Wildman–Crippen MR) is 81.5 cm³/mol. The fourth-order valence-electron chi connectivity index (χ4n) is 1.50. The number of halogens is 1. The molecule has 0 radical (unpaired) electrons. The molecule has 1 aromatic heterocycles. The zero-order valence-corrected chi connectivity index (χ0v) is 12.6. The third kappa shape index (κ3) is 5.74. The summed E-state index contributed by atoms with van der Waals surface area (Å²) in [5.41, 5.74) is 2.22. The highest BCUT2D eigenvalue weighted by Crippen LogP contribution is 2.11. The first-order valence-corrected chi connectivity index (χ1v) is 6.93. The molecule has 2 aromatic rings. The minimum atomic E-state index is -0.264. The zero-order chi connectivity index (χ0) is 15.4. The van der Waals surface area contributed by atoms with Crippen molar-refractivity contribution in [1.82, 2.24) is 4.98 Å². The van der Waals surface area contributed by atoms with Gasteiger partial charge in [-0.15, -0.1) is 0 Å². The number of carbonyl (C=O) groups excluding carboxylic acids is 1. The van der Waals surface area contributed by atoms with Gasteiger partial charge < -0.3 is 0 Å². The van der Waals surface area contributed by atoms with Crippen LogP contribution in [0.15, 0.2) is 42.6 Å². The lowest BCUT2D eigenvalue weighted by Crippen LogP contribution is -1.97. The summed E-state index contributed by atoms with van der Waals surface area (Å²) in [4.78, 5) is 14.9. The Morgan fingerprint density at radius 2 is 1.65 bits per heavy atom. The molecule has 108 valence electrons. The predicted octanol–water partition coefficient (Wildman–Crippen LogP) is 4.68. The van der Waals surface area contributed by atoms with Crippen LogP contribution in [0.3, 0.4) is 0 Å². The first-order valence-electron chi connectivity index (χ1n) is 6.93. The molecule has 0 saturated carbocycles. The lowest BCUT2D eigenvalue weighted by atomic mass is 10.1. The average molecular weight is 275 g/mol. The highest BCUT2D eigenvalue weighted by Gasteiger charge is 2.03. The maximum Gasteiger partial charge on any atom is 0.151 e. The number of aldehydes is 1. The third-order valence-corrected chi connectivity index (χ3v) is 2.34. The molecule has 20 heavy (non-hydrogen) atoms. The minimum Gasteiger partial charge on any atom is -0.298 e. The molecule has 0 saturated heterocycles.